The zero-order valence-corrected chi connectivity index (χ0v) is 17.1. The van der Waals surface area contributed by atoms with Crippen LogP contribution < -0.4 is 15.9 Å². The lowest BCUT2D eigenvalue weighted by Crippen LogP contribution is -2.38. The van der Waals surface area contributed by atoms with Crippen LogP contribution in [0, 0.1) is 24.0 Å². The smallest absolute Gasteiger partial charge is 0.236 e. The molecule has 0 atom stereocenters. The van der Waals surface area contributed by atoms with Gasteiger partial charge in [0.25, 0.3) is 0 Å². The number of rotatable bonds is 3. The number of pyridine rings is 1. The quantitative estimate of drug-likeness (QED) is 0.677. The summed E-state index contributed by atoms with van der Waals surface area (Å²) in [5, 5.41) is 14.1. The molecule has 0 saturated carbocycles. The van der Waals surface area contributed by atoms with Crippen molar-refractivity contribution < 1.29 is 13.6 Å². The summed E-state index contributed by atoms with van der Waals surface area (Å²) in [6.45, 7) is 5.52. The number of nitrogens with zero attached hydrogens (tertiary/aromatic N) is 5. The van der Waals surface area contributed by atoms with Gasteiger partial charge in [0.1, 0.15) is 17.3 Å². The van der Waals surface area contributed by atoms with Crippen LogP contribution in [0.3, 0.4) is 0 Å². The van der Waals surface area contributed by atoms with Gasteiger partial charge in [-0.3, -0.25) is 4.79 Å². The van der Waals surface area contributed by atoms with E-state index in [9.17, 15) is 13.6 Å². The van der Waals surface area contributed by atoms with E-state index in [0.29, 0.717) is 28.3 Å². The number of carbonyl (C=O) groups is 1. The zero-order valence-electron chi connectivity index (χ0n) is 17.1. The van der Waals surface area contributed by atoms with Crippen molar-refractivity contribution in [3.05, 3.63) is 65.1 Å². The molecule has 1 aromatic carbocycles. The Hall–Kier alpha value is -3.82. The van der Waals surface area contributed by atoms with Crippen LogP contribution in [-0.4, -0.2) is 26.4 Å². The Kier molecular flexibility index (Phi) is 4.07. The summed E-state index contributed by atoms with van der Waals surface area (Å²) in [5.74, 6) is -0.943. The number of benzene rings is 1. The number of aromatic nitrogens is 3. The number of allylic oxidation sites excluding steroid dienone is 1. The molecule has 2 aliphatic heterocycles. The standard InChI is InChI=1S/C21H19F2N7O/c1-11-4-7-14-18(24-11)29(9-12-5-6-13(22)8-15(12)23)27-19(14)30-10-16-17(26-28-30)21(2,3)20(31)25-16/h4-8,10,28H,9H2,1-3H3,(H,25,31). The van der Waals surface area contributed by atoms with Crippen molar-refractivity contribution in [2.75, 3.05) is 5.01 Å². The molecular weight excluding hydrogens is 404 g/mol. The molecule has 2 N–H and O–H groups in total. The van der Waals surface area contributed by atoms with Crippen LogP contribution in [0.25, 0.3) is 11.0 Å². The van der Waals surface area contributed by atoms with Gasteiger partial charge in [-0.05, 0) is 39.0 Å². The summed E-state index contributed by atoms with van der Waals surface area (Å²) in [4.78, 5) is 16.8. The third-order valence-electron chi connectivity index (χ3n) is 5.47. The Balaban J connectivity index is 1.57. The molecule has 0 aliphatic carbocycles. The van der Waals surface area contributed by atoms with Gasteiger partial charge < -0.3 is 5.32 Å². The number of hydrogen-bond acceptors (Lipinski definition) is 6. The fourth-order valence-electron chi connectivity index (χ4n) is 3.68. The Morgan fingerprint density at radius 1 is 1.16 bits per heavy atom. The van der Waals surface area contributed by atoms with E-state index in [4.69, 9.17) is 0 Å². The highest BCUT2D eigenvalue weighted by Gasteiger charge is 2.44. The minimum Gasteiger partial charge on any atom is -0.322 e. The Morgan fingerprint density at radius 3 is 2.74 bits per heavy atom. The van der Waals surface area contributed by atoms with E-state index in [1.54, 1.807) is 29.7 Å². The number of hydrazone groups is 1. The molecule has 10 heteroatoms. The number of halogens is 2. The second-order valence-corrected chi connectivity index (χ2v) is 8.09. The highest BCUT2D eigenvalue weighted by molar-refractivity contribution is 6.23. The molecule has 0 bridgehead atoms. The first-order valence-electron chi connectivity index (χ1n) is 9.69. The van der Waals surface area contributed by atoms with Crippen molar-refractivity contribution in [3.63, 3.8) is 0 Å². The number of amides is 1. The molecule has 8 nitrogen and oxygen atoms in total. The summed E-state index contributed by atoms with van der Waals surface area (Å²) in [6, 6.07) is 7.16. The van der Waals surface area contributed by atoms with Crippen molar-refractivity contribution in [1.29, 1.82) is 0 Å². The van der Waals surface area contributed by atoms with Crippen LogP contribution in [-0.2, 0) is 11.3 Å². The van der Waals surface area contributed by atoms with E-state index < -0.39 is 17.0 Å². The maximum Gasteiger partial charge on any atom is 0.236 e. The maximum atomic E-state index is 14.2. The minimum atomic E-state index is -0.745. The molecule has 0 spiro atoms. The van der Waals surface area contributed by atoms with Gasteiger partial charge in [-0.1, -0.05) is 6.07 Å². The van der Waals surface area contributed by atoms with Gasteiger partial charge in [-0.2, -0.15) is 5.10 Å². The average Bonchev–Trinajstić information content (AvgIpc) is 3.18. The van der Waals surface area contributed by atoms with Gasteiger partial charge in [0.05, 0.1) is 29.2 Å². The molecule has 4 heterocycles. The van der Waals surface area contributed by atoms with E-state index in [1.807, 2.05) is 19.1 Å². The fourth-order valence-corrected chi connectivity index (χ4v) is 3.68. The van der Waals surface area contributed by atoms with Crippen molar-refractivity contribution in [3.8, 4) is 0 Å². The van der Waals surface area contributed by atoms with Crippen LogP contribution in [0.2, 0.25) is 0 Å². The normalized spacial score (nSPS) is 17.2. The van der Waals surface area contributed by atoms with Gasteiger partial charge in [0.15, 0.2) is 11.5 Å². The van der Waals surface area contributed by atoms with Crippen LogP contribution in [0.5, 0.6) is 0 Å². The van der Waals surface area contributed by atoms with E-state index >= 15 is 0 Å². The highest BCUT2D eigenvalue weighted by atomic mass is 19.1. The summed E-state index contributed by atoms with van der Waals surface area (Å²) in [6.07, 6.45) is 1.71. The van der Waals surface area contributed by atoms with Gasteiger partial charge in [-0.25, -0.2) is 29.0 Å². The number of hydrazine groups is 1. The maximum absolute atomic E-state index is 14.2. The number of carbonyl (C=O) groups excluding carboxylic acids is 1. The van der Waals surface area contributed by atoms with Crippen LogP contribution in [0.15, 0.2) is 47.3 Å². The Labute approximate surface area is 176 Å². The van der Waals surface area contributed by atoms with E-state index in [-0.39, 0.29) is 18.0 Å². The third kappa shape index (κ3) is 3.02. The van der Waals surface area contributed by atoms with Crippen molar-refractivity contribution >= 4 is 28.5 Å². The van der Waals surface area contributed by atoms with Gasteiger partial charge in [-0.15, -0.1) is 5.10 Å². The summed E-state index contributed by atoms with van der Waals surface area (Å²) >= 11 is 0. The Morgan fingerprint density at radius 2 is 1.97 bits per heavy atom. The zero-order chi connectivity index (χ0) is 21.9. The molecule has 2 aromatic heterocycles. The van der Waals surface area contributed by atoms with Gasteiger partial charge >= 0.3 is 0 Å². The van der Waals surface area contributed by atoms with Crippen molar-refractivity contribution in [2.24, 2.45) is 10.5 Å². The Bertz CT molecular complexity index is 1310. The first-order valence-corrected chi connectivity index (χ1v) is 9.69. The molecule has 0 unspecified atom stereocenters. The molecule has 2 aliphatic rings. The lowest BCUT2D eigenvalue weighted by molar-refractivity contribution is -0.124. The predicted octanol–water partition coefficient (Wildman–Crippen LogP) is 2.74. The monoisotopic (exact) mass is 423 g/mol. The second kappa shape index (κ2) is 6.59. The van der Waals surface area contributed by atoms with E-state index in [1.165, 1.54) is 12.1 Å². The summed E-state index contributed by atoms with van der Waals surface area (Å²) < 4.78 is 29.1. The SMILES string of the molecule is Cc1ccc2c(N3C=C4NC(=O)C(C)(C)C4=NN3)nn(Cc3ccc(F)cc3F)c2n1. The lowest BCUT2D eigenvalue weighted by atomic mass is 9.89. The number of nitrogens with one attached hydrogen (secondary N) is 2. The molecule has 3 aromatic rings. The molecular formula is C21H19F2N7O. The lowest BCUT2D eigenvalue weighted by Gasteiger charge is -2.24. The molecule has 1 fully saturated rings. The largest absolute Gasteiger partial charge is 0.322 e. The van der Waals surface area contributed by atoms with Crippen LogP contribution in [0.1, 0.15) is 25.1 Å². The van der Waals surface area contributed by atoms with Gasteiger partial charge in [0, 0.05) is 17.3 Å². The summed E-state index contributed by atoms with van der Waals surface area (Å²) in [7, 11) is 0. The molecule has 1 amide bonds. The fraction of sp³-hybridized carbons (Fsp3) is 0.238. The first-order chi connectivity index (χ1) is 14.7. The predicted molar refractivity (Wildman–Crippen MR) is 111 cm³/mol. The van der Waals surface area contributed by atoms with Crippen LogP contribution >= 0.6 is 0 Å². The van der Waals surface area contributed by atoms with Crippen LogP contribution in [0.4, 0.5) is 14.6 Å². The van der Waals surface area contributed by atoms with E-state index in [2.05, 4.69) is 26.0 Å². The number of aryl methyl sites for hydroxylation is 1. The first kappa shape index (κ1) is 19.2. The van der Waals surface area contributed by atoms with Crippen molar-refractivity contribution in [2.45, 2.75) is 27.3 Å². The average molecular weight is 423 g/mol. The van der Waals surface area contributed by atoms with E-state index in [0.717, 1.165) is 11.8 Å². The number of fused-ring (bicyclic) bond motifs is 2. The minimum absolute atomic E-state index is 0.0712. The molecule has 31 heavy (non-hydrogen) atoms. The molecule has 0 radical (unpaired) electrons. The molecule has 1 saturated heterocycles. The third-order valence-corrected chi connectivity index (χ3v) is 5.47. The number of hydrogen-bond donors (Lipinski definition) is 2. The summed E-state index contributed by atoms with van der Waals surface area (Å²) in [5.41, 5.74) is 4.97. The number of anilines is 1. The molecule has 5 rings (SSSR count). The van der Waals surface area contributed by atoms with Crippen molar-refractivity contribution in [1.82, 2.24) is 25.6 Å². The second-order valence-electron chi connectivity index (χ2n) is 8.09. The highest BCUT2D eigenvalue weighted by Crippen LogP contribution is 2.32. The van der Waals surface area contributed by atoms with Gasteiger partial charge in [0.2, 0.25) is 5.91 Å². The molecule has 158 valence electrons. The topological polar surface area (TPSA) is 87.4 Å².